The van der Waals surface area contributed by atoms with Gasteiger partial charge in [-0.2, -0.15) is 4.98 Å². The van der Waals surface area contributed by atoms with Crippen LogP contribution in [0.3, 0.4) is 0 Å². The van der Waals surface area contributed by atoms with E-state index < -0.39 is 5.54 Å². The van der Waals surface area contributed by atoms with E-state index in [1.54, 1.807) is 0 Å². The number of rotatable bonds is 3. The first-order valence-corrected chi connectivity index (χ1v) is 6.99. The Labute approximate surface area is 118 Å². The number of anilines is 1. The molecule has 0 spiro atoms. The van der Waals surface area contributed by atoms with E-state index in [0.717, 1.165) is 36.9 Å². The Bertz CT molecular complexity index is 599. The van der Waals surface area contributed by atoms with Gasteiger partial charge in [0.25, 0.3) is 5.89 Å². The van der Waals surface area contributed by atoms with Crippen molar-refractivity contribution < 1.29 is 4.52 Å². The van der Waals surface area contributed by atoms with Gasteiger partial charge in [0.1, 0.15) is 0 Å². The average Bonchev–Trinajstić information content (AvgIpc) is 3.08. The average molecular weight is 272 g/mol. The van der Waals surface area contributed by atoms with Crippen molar-refractivity contribution in [1.29, 1.82) is 0 Å². The molecule has 0 radical (unpaired) electrons. The molecule has 1 aromatic heterocycles. The van der Waals surface area contributed by atoms with Gasteiger partial charge in [-0.3, -0.25) is 0 Å². The Balaban J connectivity index is 1.92. The molecule has 0 aliphatic heterocycles. The van der Waals surface area contributed by atoms with Crippen LogP contribution in [0.5, 0.6) is 0 Å². The van der Waals surface area contributed by atoms with Crippen molar-refractivity contribution in [3.8, 4) is 11.5 Å². The Morgan fingerprint density at radius 2 is 2.00 bits per heavy atom. The summed E-state index contributed by atoms with van der Waals surface area (Å²) < 4.78 is 5.40. The maximum absolute atomic E-state index is 6.36. The molecule has 0 saturated heterocycles. The van der Waals surface area contributed by atoms with Crippen molar-refractivity contribution in [2.45, 2.75) is 31.2 Å². The van der Waals surface area contributed by atoms with E-state index in [1.807, 2.05) is 43.3 Å². The highest BCUT2D eigenvalue weighted by atomic mass is 16.5. The van der Waals surface area contributed by atoms with Gasteiger partial charge in [-0.15, -0.1) is 0 Å². The number of nitrogens with two attached hydrogens (primary N) is 1. The van der Waals surface area contributed by atoms with Gasteiger partial charge in [-0.25, -0.2) is 0 Å². The van der Waals surface area contributed by atoms with Crippen LogP contribution in [0.25, 0.3) is 11.5 Å². The molecular weight excluding hydrogens is 252 g/mol. The summed E-state index contributed by atoms with van der Waals surface area (Å²) in [7, 11) is 4.01. The monoisotopic (exact) mass is 272 g/mol. The molecule has 5 nitrogen and oxygen atoms in total. The normalized spacial score (nSPS) is 17.4. The zero-order valence-corrected chi connectivity index (χ0v) is 12.0. The van der Waals surface area contributed by atoms with Crippen LogP contribution in [0.2, 0.25) is 0 Å². The van der Waals surface area contributed by atoms with Crippen LogP contribution in [-0.2, 0) is 5.54 Å². The Morgan fingerprint density at radius 1 is 1.25 bits per heavy atom. The number of nitrogens with zero attached hydrogens (tertiary/aromatic N) is 3. The second-order valence-corrected chi connectivity index (χ2v) is 5.73. The van der Waals surface area contributed by atoms with E-state index >= 15 is 0 Å². The summed E-state index contributed by atoms with van der Waals surface area (Å²) in [5.41, 5.74) is 7.98. The van der Waals surface area contributed by atoms with Crippen LogP contribution < -0.4 is 10.6 Å². The zero-order chi connectivity index (χ0) is 14.2. The number of aromatic nitrogens is 2. The Hall–Kier alpha value is -1.88. The molecule has 0 atom stereocenters. The lowest BCUT2D eigenvalue weighted by Crippen LogP contribution is -2.34. The number of hydrogen-bond acceptors (Lipinski definition) is 5. The van der Waals surface area contributed by atoms with Crippen molar-refractivity contribution >= 4 is 5.69 Å². The van der Waals surface area contributed by atoms with Crippen LogP contribution in [0.1, 0.15) is 31.5 Å². The third-order valence-electron chi connectivity index (χ3n) is 3.98. The van der Waals surface area contributed by atoms with Crippen LogP contribution in [0.4, 0.5) is 5.69 Å². The smallest absolute Gasteiger partial charge is 0.258 e. The standard InChI is InChI=1S/C15H20N4O/c1-19(2)12-7-5-6-11(10-12)13-17-14(18-20-13)15(16)8-3-4-9-15/h5-7,10H,3-4,8-9,16H2,1-2H3. The van der Waals surface area contributed by atoms with Gasteiger partial charge in [-0.05, 0) is 31.0 Å². The maximum Gasteiger partial charge on any atom is 0.258 e. The molecule has 0 unspecified atom stereocenters. The van der Waals surface area contributed by atoms with Gasteiger partial charge in [0.2, 0.25) is 0 Å². The molecule has 1 aromatic carbocycles. The van der Waals surface area contributed by atoms with E-state index in [0.29, 0.717) is 11.7 Å². The molecule has 5 heteroatoms. The molecule has 1 aliphatic carbocycles. The number of benzene rings is 1. The van der Waals surface area contributed by atoms with E-state index in [1.165, 1.54) is 0 Å². The first-order chi connectivity index (χ1) is 9.58. The molecule has 1 aliphatic rings. The zero-order valence-electron chi connectivity index (χ0n) is 12.0. The molecular formula is C15H20N4O. The Kier molecular flexibility index (Phi) is 3.22. The van der Waals surface area contributed by atoms with Crippen molar-refractivity contribution in [3.05, 3.63) is 30.1 Å². The highest BCUT2D eigenvalue weighted by molar-refractivity contribution is 5.61. The summed E-state index contributed by atoms with van der Waals surface area (Å²) in [6.45, 7) is 0. The van der Waals surface area contributed by atoms with Crippen molar-refractivity contribution in [2.24, 2.45) is 5.73 Å². The lowest BCUT2D eigenvalue weighted by molar-refractivity contribution is 0.372. The van der Waals surface area contributed by atoms with Crippen molar-refractivity contribution in [3.63, 3.8) is 0 Å². The summed E-state index contributed by atoms with van der Waals surface area (Å²) in [5.74, 6) is 1.18. The van der Waals surface area contributed by atoms with Crippen LogP contribution >= 0.6 is 0 Å². The second kappa shape index (κ2) is 4.90. The summed E-state index contributed by atoms with van der Waals surface area (Å²) in [5, 5.41) is 4.10. The summed E-state index contributed by atoms with van der Waals surface area (Å²) >= 11 is 0. The molecule has 1 saturated carbocycles. The fourth-order valence-corrected chi connectivity index (χ4v) is 2.69. The predicted molar refractivity (Wildman–Crippen MR) is 78.4 cm³/mol. The van der Waals surface area contributed by atoms with Gasteiger partial charge >= 0.3 is 0 Å². The highest BCUT2D eigenvalue weighted by Crippen LogP contribution is 2.35. The van der Waals surface area contributed by atoms with E-state index in [4.69, 9.17) is 10.3 Å². The minimum absolute atomic E-state index is 0.402. The molecule has 20 heavy (non-hydrogen) atoms. The van der Waals surface area contributed by atoms with E-state index in [9.17, 15) is 0 Å². The molecule has 1 fully saturated rings. The SMILES string of the molecule is CN(C)c1cccc(-c2nc(C3(N)CCCC3)no2)c1. The minimum atomic E-state index is -0.402. The van der Waals surface area contributed by atoms with Crippen LogP contribution in [0.15, 0.2) is 28.8 Å². The van der Waals surface area contributed by atoms with Gasteiger partial charge in [0.15, 0.2) is 5.82 Å². The molecule has 1 heterocycles. The molecule has 2 aromatic rings. The van der Waals surface area contributed by atoms with Crippen molar-refractivity contribution in [2.75, 3.05) is 19.0 Å². The maximum atomic E-state index is 6.36. The third kappa shape index (κ3) is 2.29. The van der Waals surface area contributed by atoms with Crippen molar-refractivity contribution in [1.82, 2.24) is 10.1 Å². The predicted octanol–water partition coefficient (Wildman–Crippen LogP) is 2.53. The minimum Gasteiger partial charge on any atom is -0.378 e. The second-order valence-electron chi connectivity index (χ2n) is 5.73. The fourth-order valence-electron chi connectivity index (χ4n) is 2.69. The third-order valence-corrected chi connectivity index (χ3v) is 3.98. The lowest BCUT2D eigenvalue weighted by atomic mass is 9.99. The van der Waals surface area contributed by atoms with E-state index in [-0.39, 0.29) is 0 Å². The fraction of sp³-hybridized carbons (Fsp3) is 0.467. The molecule has 106 valence electrons. The first kappa shape index (κ1) is 13.1. The quantitative estimate of drug-likeness (QED) is 0.930. The highest BCUT2D eigenvalue weighted by Gasteiger charge is 2.36. The van der Waals surface area contributed by atoms with Crippen LogP contribution in [0, 0.1) is 0 Å². The summed E-state index contributed by atoms with van der Waals surface area (Å²) in [6, 6.07) is 8.04. The van der Waals surface area contributed by atoms with Gasteiger partial charge < -0.3 is 15.2 Å². The Morgan fingerprint density at radius 3 is 2.70 bits per heavy atom. The largest absolute Gasteiger partial charge is 0.378 e. The van der Waals surface area contributed by atoms with Gasteiger partial charge in [0, 0.05) is 25.3 Å². The summed E-state index contributed by atoms with van der Waals surface area (Å²) in [6.07, 6.45) is 4.14. The number of hydrogen-bond donors (Lipinski definition) is 1. The topological polar surface area (TPSA) is 68.2 Å². The lowest BCUT2D eigenvalue weighted by Gasteiger charge is -2.17. The first-order valence-electron chi connectivity index (χ1n) is 6.99. The van der Waals surface area contributed by atoms with Crippen LogP contribution in [-0.4, -0.2) is 24.2 Å². The summed E-state index contributed by atoms with van der Waals surface area (Å²) in [4.78, 5) is 6.56. The van der Waals surface area contributed by atoms with Gasteiger partial charge in [0.05, 0.1) is 5.54 Å². The van der Waals surface area contributed by atoms with Gasteiger partial charge in [-0.1, -0.05) is 24.1 Å². The molecule has 0 bridgehead atoms. The molecule has 3 rings (SSSR count). The molecule has 2 N–H and O–H groups in total. The molecule has 0 amide bonds. The van der Waals surface area contributed by atoms with E-state index in [2.05, 4.69) is 10.1 Å².